The van der Waals surface area contributed by atoms with Crippen LogP contribution in [0.3, 0.4) is 0 Å². The average Bonchev–Trinajstić information content (AvgIpc) is 2.18. The monoisotopic (exact) mass is 358 g/mol. The van der Waals surface area contributed by atoms with Gasteiger partial charge in [-0.2, -0.15) is 8.42 Å². The molecule has 0 aliphatic rings. The molecule has 0 aromatic heterocycles. The van der Waals surface area contributed by atoms with E-state index in [1.807, 2.05) is 0 Å². The molecule has 0 saturated carbocycles. The molecule has 0 saturated heterocycles. The summed E-state index contributed by atoms with van der Waals surface area (Å²) in [5.74, 6) is -0.220. The minimum atomic E-state index is -4.28. The maximum absolute atomic E-state index is 11.1. The van der Waals surface area contributed by atoms with E-state index in [0.29, 0.717) is 0 Å². The first-order chi connectivity index (χ1) is 8.19. The van der Waals surface area contributed by atoms with E-state index in [2.05, 4.69) is 20.7 Å². The van der Waals surface area contributed by atoms with E-state index in [0.717, 1.165) is 6.07 Å². The van der Waals surface area contributed by atoms with Gasteiger partial charge in [0.25, 0.3) is 5.69 Å². The normalized spacial score (nSPS) is 10.8. The van der Waals surface area contributed by atoms with Gasteiger partial charge in [-0.3, -0.25) is 10.1 Å². The molecule has 0 aliphatic carbocycles. The third-order valence-electron chi connectivity index (χ3n) is 1.53. The molecule has 1 amide bonds. The predicted molar refractivity (Wildman–Crippen MR) is 64.7 cm³/mol. The van der Waals surface area contributed by atoms with Gasteiger partial charge in [-0.25, -0.2) is 9.52 Å². The van der Waals surface area contributed by atoms with Crippen molar-refractivity contribution in [3.63, 3.8) is 0 Å². The Kier molecular flexibility index (Phi) is 4.48. The maximum Gasteiger partial charge on any atom is 0.427 e. The van der Waals surface area contributed by atoms with Crippen molar-refractivity contribution in [2.45, 2.75) is 0 Å². The third kappa shape index (κ3) is 4.47. The summed E-state index contributed by atoms with van der Waals surface area (Å²) < 4.78 is 27.2. The minimum absolute atomic E-state index is 0.220. The van der Waals surface area contributed by atoms with Crippen molar-refractivity contribution in [2.24, 2.45) is 0 Å². The number of amides is 1. The lowest BCUT2D eigenvalue weighted by molar-refractivity contribution is -0.384. The fraction of sp³-hybridized carbons (Fsp3) is 0. The van der Waals surface area contributed by atoms with E-state index in [1.54, 1.807) is 0 Å². The van der Waals surface area contributed by atoms with Crippen LogP contribution in [0, 0.1) is 10.1 Å². The van der Waals surface area contributed by atoms with Crippen LogP contribution in [0.2, 0.25) is 0 Å². The van der Waals surface area contributed by atoms with E-state index in [9.17, 15) is 23.3 Å². The van der Waals surface area contributed by atoms with Crippen LogP contribution in [0.1, 0.15) is 0 Å². The topological polar surface area (TPSA) is 116 Å². The Balaban J connectivity index is 2.93. The summed E-state index contributed by atoms with van der Waals surface area (Å²) in [6.45, 7) is 0. The Labute approximate surface area is 114 Å². The molecule has 18 heavy (non-hydrogen) atoms. The molecule has 98 valence electrons. The molecule has 0 atom stereocenters. The summed E-state index contributed by atoms with van der Waals surface area (Å²) in [6, 6.07) is 3.40. The highest BCUT2D eigenvalue weighted by Crippen LogP contribution is 2.29. The van der Waals surface area contributed by atoms with Gasteiger partial charge in [0.05, 0.1) is 15.5 Å². The van der Waals surface area contributed by atoms with Gasteiger partial charge >= 0.3 is 15.3 Å². The second kappa shape index (κ2) is 5.50. The van der Waals surface area contributed by atoms with E-state index in [-0.39, 0.29) is 15.9 Å². The smallest absolute Gasteiger partial charge is 0.408 e. The summed E-state index contributed by atoms with van der Waals surface area (Å²) in [6.07, 6.45) is -1.38. The van der Waals surface area contributed by atoms with Crippen molar-refractivity contribution < 1.29 is 22.9 Å². The van der Waals surface area contributed by atoms with E-state index in [1.165, 1.54) is 16.9 Å². The number of nitro groups is 1. The SMILES string of the molecule is O=C(NS(=O)(=O)Cl)Oc1cc([N+](=O)[O-])ccc1Br. The van der Waals surface area contributed by atoms with Crippen LogP contribution in [0.4, 0.5) is 10.5 Å². The van der Waals surface area contributed by atoms with Crippen LogP contribution in [-0.4, -0.2) is 19.4 Å². The standard InChI is InChI=1S/C7H4BrClN2O6S/c8-5-2-1-4(11(13)14)3-6(5)17-7(12)10-18(9,15)16/h1-3H,(H,10,12). The number of non-ortho nitro benzene ring substituents is 1. The number of ether oxygens (including phenoxy) is 1. The fourth-order valence-electron chi connectivity index (χ4n) is 0.904. The lowest BCUT2D eigenvalue weighted by Gasteiger charge is -2.05. The average molecular weight is 360 g/mol. The highest BCUT2D eigenvalue weighted by Gasteiger charge is 2.16. The third-order valence-corrected chi connectivity index (χ3v) is 2.83. The molecule has 1 aromatic rings. The van der Waals surface area contributed by atoms with Crippen molar-refractivity contribution in [2.75, 3.05) is 0 Å². The molecule has 11 heteroatoms. The number of benzene rings is 1. The number of hydrogen-bond acceptors (Lipinski definition) is 6. The second-order valence-corrected chi connectivity index (χ2v) is 5.95. The predicted octanol–water partition coefficient (Wildman–Crippen LogP) is 1.93. The van der Waals surface area contributed by atoms with Crippen LogP contribution in [0.25, 0.3) is 0 Å². The zero-order valence-electron chi connectivity index (χ0n) is 8.29. The zero-order chi connectivity index (χ0) is 13.9. The first kappa shape index (κ1) is 14.7. The summed E-state index contributed by atoms with van der Waals surface area (Å²) in [7, 11) is 0.472. The molecule has 0 fully saturated rings. The van der Waals surface area contributed by atoms with Gasteiger partial charge in [0, 0.05) is 16.7 Å². The van der Waals surface area contributed by atoms with Gasteiger partial charge < -0.3 is 4.74 Å². The number of nitro benzene ring substituents is 1. The molecule has 0 aliphatic heterocycles. The van der Waals surface area contributed by atoms with E-state index < -0.39 is 20.3 Å². The number of nitrogens with one attached hydrogen (secondary N) is 1. The van der Waals surface area contributed by atoms with E-state index in [4.69, 9.17) is 10.7 Å². The summed E-state index contributed by atoms with van der Waals surface area (Å²) in [5, 5.41) is 10.5. The van der Waals surface area contributed by atoms with Crippen molar-refractivity contribution in [1.29, 1.82) is 0 Å². The molecule has 8 nitrogen and oxygen atoms in total. The quantitative estimate of drug-likeness (QED) is 0.501. The number of carbonyl (C=O) groups is 1. The highest BCUT2D eigenvalue weighted by molar-refractivity contribution is 9.10. The minimum Gasteiger partial charge on any atom is -0.408 e. The van der Waals surface area contributed by atoms with Crippen molar-refractivity contribution in [1.82, 2.24) is 4.72 Å². The molecule has 0 heterocycles. The van der Waals surface area contributed by atoms with Gasteiger partial charge in [-0.05, 0) is 22.0 Å². The Hall–Kier alpha value is -1.39. The number of nitrogens with zero attached hydrogens (tertiary/aromatic N) is 1. The van der Waals surface area contributed by atoms with Crippen LogP contribution in [0.15, 0.2) is 22.7 Å². The molecule has 1 rings (SSSR count). The molecule has 1 aromatic carbocycles. The number of rotatable bonds is 3. The molecule has 0 unspecified atom stereocenters. The first-order valence-electron chi connectivity index (χ1n) is 4.07. The number of halogens is 2. The fourth-order valence-corrected chi connectivity index (χ4v) is 1.66. The molecule has 1 N–H and O–H groups in total. The molecule has 0 radical (unpaired) electrons. The Morgan fingerprint density at radius 1 is 1.50 bits per heavy atom. The maximum atomic E-state index is 11.1. The number of carbonyl (C=O) groups excluding carboxylic acids is 1. The highest BCUT2D eigenvalue weighted by atomic mass is 79.9. The van der Waals surface area contributed by atoms with Crippen molar-refractivity contribution >= 4 is 47.6 Å². The van der Waals surface area contributed by atoms with Crippen LogP contribution < -0.4 is 9.46 Å². The Morgan fingerprint density at radius 2 is 2.11 bits per heavy atom. The number of hydrogen-bond donors (Lipinski definition) is 1. The first-order valence-corrected chi connectivity index (χ1v) is 7.17. The second-order valence-electron chi connectivity index (χ2n) is 2.80. The lowest BCUT2D eigenvalue weighted by atomic mass is 10.3. The van der Waals surface area contributed by atoms with Crippen molar-refractivity contribution in [3.05, 3.63) is 32.8 Å². The summed E-state index contributed by atoms with van der Waals surface area (Å²) in [5.41, 5.74) is -0.324. The Morgan fingerprint density at radius 3 is 2.61 bits per heavy atom. The molecular formula is C7H4BrClN2O6S. The van der Waals surface area contributed by atoms with Gasteiger partial charge in [-0.1, -0.05) is 0 Å². The van der Waals surface area contributed by atoms with Gasteiger partial charge in [0.2, 0.25) is 0 Å². The van der Waals surface area contributed by atoms with Crippen LogP contribution in [-0.2, 0) is 9.24 Å². The molecular weight excluding hydrogens is 356 g/mol. The zero-order valence-corrected chi connectivity index (χ0v) is 11.5. The Bertz CT molecular complexity index is 604. The van der Waals surface area contributed by atoms with Gasteiger partial charge in [-0.15, -0.1) is 0 Å². The largest absolute Gasteiger partial charge is 0.427 e. The van der Waals surface area contributed by atoms with Gasteiger partial charge in [0.1, 0.15) is 0 Å². The summed E-state index contributed by atoms with van der Waals surface area (Å²) in [4.78, 5) is 20.9. The van der Waals surface area contributed by atoms with Crippen LogP contribution >= 0.6 is 26.6 Å². The van der Waals surface area contributed by atoms with Crippen LogP contribution in [0.5, 0.6) is 5.75 Å². The summed E-state index contributed by atoms with van der Waals surface area (Å²) >= 11 is 2.98. The molecule has 0 spiro atoms. The molecule has 0 bridgehead atoms. The van der Waals surface area contributed by atoms with E-state index >= 15 is 0 Å². The van der Waals surface area contributed by atoms with Gasteiger partial charge in [0.15, 0.2) is 5.75 Å². The van der Waals surface area contributed by atoms with Crippen molar-refractivity contribution in [3.8, 4) is 5.75 Å². The lowest BCUT2D eigenvalue weighted by Crippen LogP contribution is -2.29.